The van der Waals surface area contributed by atoms with E-state index in [-0.39, 0.29) is 5.60 Å². The van der Waals surface area contributed by atoms with Gasteiger partial charge >= 0.3 is 0 Å². The van der Waals surface area contributed by atoms with Crippen LogP contribution in [0.15, 0.2) is 16.5 Å². The van der Waals surface area contributed by atoms with Crippen molar-refractivity contribution in [3.05, 3.63) is 28.1 Å². The molecule has 3 aromatic rings. The number of rotatable bonds is 1. The van der Waals surface area contributed by atoms with E-state index in [9.17, 15) is 0 Å². The van der Waals surface area contributed by atoms with E-state index in [1.54, 1.807) is 11.3 Å². The summed E-state index contributed by atoms with van der Waals surface area (Å²) in [6.07, 6.45) is 2.08. The highest BCUT2D eigenvalue weighted by molar-refractivity contribution is 7.71. The maximum atomic E-state index is 6.13. The Morgan fingerprint density at radius 2 is 2.18 bits per heavy atom. The van der Waals surface area contributed by atoms with Gasteiger partial charge in [0.1, 0.15) is 11.4 Å². The monoisotopic (exact) mass is 332 g/mol. The van der Waals surface area contributed by atoms with Crippen LogP contribution in [-0.4, -0.2) is 15.8 Å². The molecule has 0 unspecified atom stereocenters. The van der Waals surface area contributed by atoms with E-state index < -0.39 is 0 Å². The van der Waals surface area contributed by atoms with Crippen LogP contribution < -0.4 is 4.74 Å². The number of thiophene rings is 1. The van der Waals surface area contributed by atoms with Crippen LogP contribution in [0.25, 0.3) is 20.9 Å². The van der Waals surface area contributed by atoms with E-state index in [4.69, 9.17) is 21.4 Å². The van der Waals surface area contributed by atoms with Gasteiger partial charge in [0.05, 0.1) is 4.88 Å². The van der Waals surface area contributed by atoms with Gasteiger partial charge < -0.3 is 9.15 Å². The fourth-order valence-corrected chi connectivity index (χ4v) is 4.17. The van der Waals surface area contributed by atoms with E-state index in [1.165, 1.54) is 21.2 Å². The molecule has 2 aromatic heterocycles. The fraction of sp³-hybridized carbons (Fsp3) is 0.375. The summed E-state index contributed by atoms with van der Waals surface area (Å²) in [6, 6.07) is 4.39. The van der Waals surface area contributed by atoms with Crippen LogP contribution in [0.5, 0.6) is 5.75 Å². The third-order valence-electron chi connectivity index (χ3n) is 4.13. The Labute approximate surface area is 137 Å². The molecule has 4 rings (SSSR count). The number of benzene rings is 1. The van der Waals surface area contributed by atoms with E-state index in [1.807, 2.05) is 0 Å². The van der Waals surface area contributed by atoms with Gasteiger partial charge in [-0.05, 0) is 74.5 Å². The maximum Gasteiger partial charge on any atom is 0.284 e. The van der Waals surface area contributed by atoms with Gasteiger partial charge in [-0.2, -0.15) is 0 Å². The molecule has 1 N–H and O–H groups in total. The Kier molecular flexibility index (Phi) is 2.96. The van der Waals surface area contributed by atoms with Gasteiger partial charge in [-0.3, -0.25) is 0 Å². The lowest BCUT2D eigenvalue weighted by Crippen LogP contribution is -2.32. The molecule has 4 nitrogen and oxygen atoms in total. The summed E-state index contributed by atoms with van der Waals surface area (Å²) in [5, 5.41) is 8.07. The van der Waals surface area contributed by atoms with Gasteiger partial charge in [-0.1, -0.05) is 0 Å². The summed E-state index contributed by atoms with van der Waals surface area (Å²) < 4.78 is 12.8. The van der Waals surface area contributed by atoms with Gasteiger partial charge in [0.2, 0.25) is 0 Å². The van der Waals surface area contributed by atoms with E-state index in [0.717, 1.165) is 23.5 Å². The zero-order chi connectivity index (χ0) is 15.5. The fourth-order valence-electron chi connectivity index (χ4n) is 2.90. The predicted molar refractivity (Wildman–Crippen MR) is 90.3 cm³/mol. The topological polar surface area (TPSA) is 51.0 Å². The molecule has 0 fully saturated rings. The summed E-state index contributed by atoms with van der Waals surface area (Å²) in [6.45, 7) is 6.37. The lowest BCUT2D eigenvalue weighted by Gasteiger charge is -2.32. The second-order valence-corrected chi connectivity index (χ2v) is 7.72. The van der Waals surface area contributed by atoms with Gasteiger partial charge in [0.25, 0.3) is 10.7 Å². The lowest BCUT2D eigenvalue weighted by molar-refractivity contribution is 0.0850. The van der Waals surface area contributed by atoms with Gasteiger partial charge in [-0.25, -0.2) is 5.10 Å². The second-order valence-electron chi connectivity index (χ2n) is 6.29. The molecule has 0 radical (unpaired) electrons. The minimum atomic E-state index is -0.0927. The van der Waals surface area contributed by atoms with Gasteiger partial charge in [0, 0.05) is 4.70 Å². The Morgan fingerprint density at radius 3 is 2.91 bits per heavy atom. The highest BCUT2D eigenvalue weighted by atomic mass is 32.1. The second kappa shape index (κ2) is 4.67. The summed E-state index contributed by atoms with van der Waals surface area (Å²) in [4.78, 5) is 1.32. The van der Waals surface area contributed by atoms with Crippen molar-refractivity contribution in [1.29, 1.82) is 0 Å². The number of aromatic amines is 1. The first kappa shape index (κ1) is 14.0. The number of aromatic nitrogens is 2. The molecule has 0 aliphatic carbocycles. The summed E-state index contributed by atoms with van der Waals surface area (Å²) >= 11 is 6.63. The van der Waals surface area contributed by atoms with Gasteiger partial charge in [0.15, 0.2) is 0 Å². The molecule has 0 saturated carbocycles. The van der Waals surface area contributed by atoms with Crippen LogP contribution in [0, 0.1) is 11.8 Å². The Morgan fingerprint density at radius 1 is 1.36 bits per heavy atom. The van der Waals surface area contributed by atoms with Crippen LogP contribution in [-0.2, 0) is 6.42 Å². The largest absolute Gasteiger partial charge is 0.488 e. The zero-order valence-electron chi connectivity index (χ0n) is 12.6. The van der Waals surface area contributed by atoms with Crippen molar-refractivity contribution in [1.82, 2.24) is 10.2 Å². The Hall–Kier alpha value is -1.66. The predicted octanol–water partition coefficient (Wildman–Crippen LogP) is 5.03. The average molecular weight is 332 g/mol. The molecule has 1 aliphatic rings. The number of nitrogens with zero attached hydrogens (tertiary/aromatic N) is 1. The summed E-state index contributed by atoms with van der Waals surface area (Å²) in [5.41, 5.74) is 2.37. The molecule has 1 aromatic carbocycles. The molecule has 1 aliphatic heterocycles. The number of aryl methyl sites for hydroxylation is 2. The molecule has 0 bridgehead atoms. The minimum Gasteiger partial charge on any atom is -0.488 e. The smallest absolute Gasteiger partial charge is 0.284 e. The van der Waals surface area contributed by atoms with Crippen molar-refractivity contribution in [3.63, 3.8) is 0 Å². The summed E-state index contributed by atoms with van der Waals surface area (Å²) in [7, 11) is 0. The molecule has 3 heterocycles. The molecular weight excluding hydrogens is 316 g/mol. The Bertz CT molecular complexity index is 933. The first-order chi connectivity index (χ1) is 10.4. The third kappa shape index (κ3) is 2.18. The number of nitrogens with one attached hydrogen (secondary N) is 1. The van der Waals surface area contributed by atoms with Crippen molar-refractivity contribution >= 4 is 33.6 Å². The van der Waals surface area contributed by atoms with Crippen molar-refractivity contribution < 1.29 is 9.15 Å². The number of hydrogen-bond acceptors (Lipinski definition) is 5. The van der Waals surface area contributed by atoms with E-state index in [2.05, 4.69) is 43.1 Å². The molecule has 0 spiro atoms. The van der Waals surface area contributed by atoms with Crippen LogP contribution in [0.4, 0.5) is 0 Å². The van der Waals surface area contributed by atoms with Crippen LogP contribution in [0.1, 0.15) is 31.4 Å². The zero-order valence-corrected chi connectivity index (χ0v) is 14.3. The molecule has 22 heavy (non-hydrogen) atoms. The normalized spacial score (nSPS) is 16.5. The molecule has 114 valence electrons. The number of H-pyrrole nitrogens is 1. The Balaban J connectivity index is 1.90. The molecule has 0 atom stereocenters. The number of ether oxygens (including phenoxy) is 1. The van der Waals surface area contributed by atoms with Crippen molar-refractivity contribution in [2.24, 2.45) is 0 Å². The first-order valence-electron chi connectivity index (χ1n) is 7.24. The standard InChI is InChI=1S/C16H16N2O2S2/c1-8-10-6-9-4-5-16(2,3)20-11(9)7-12(10)22-13(8)14-17-18-15(21)19-14/h6-7H,4-5H2,1-3H3,(H,18,21). The average Bonchev–Trinajstić information content (AvgIpc) is 3.00. The quantitative estimate of drug-likeness (QED) is 0.635. The van der Waals surface area contributed by atoms with Crippen molar-refractivity contribution in [2.75, 3.05) is 0 Å². The van der Waals surface area contributed by atoms with Crippen molar-refractivity contribution in [3.8, 4) is 16.5 Å². The van der Waals surface area contributed by atoms with E-state index >= 15 is 0 Å². The number of hydrogen-bond donors (Lipinski definition) is 1. The highest BCUT2D eigenvalue weighted by Crippen LogP contribution is 2.43. The van der Waals surface area contributed by atoms with Gasteiger partial charge in [-0.15, -0.1) is 16.4 Å². The first-order valence-corrected chi connectivity index (χ1v) is 8.46. The molecule has 6 heteroatoms. The minimum absolute atomic E-state index is 0.0927. The maximum absolute atomic E-state index is 6.13. The molecular formula is C16H16N2O2S2. The van der Waals surface area contributed by atoms with Crippen LogP contribution >= 0.6 is 23.6 Å². The lowest BCUT2D eigenvalue weighted by atomic mass is 9.93. The van der Waals surface area contributed by atoms with Crippen LogP contribution in [0.3, 0.4) is 0 Å². The third-order valence-corrected chi connectivity index (χ3v) is 5.55. The van der Waals surface area contributed by atoms with Crippen LogP contribution in [0.2, 0.25) is 0 Å². The molecule has 0 saturated heterocycles. The number of fused-ring (bicyclic) bond motifs is 2. The summed E-state index contributed by atoms with van der Waals surface area (Å²) in [5.74, 6) is 1.56. The highest BCUT2D eigenvalue weighted by Gasteiger charge is 2.27. The van der Waals surface area contributed by atoms with E-state index in [0.29, 0.717) is 10.7 Å². The van der Waals surface area contributed by atoms with Crippen molar-refractivity contribution in [2.45, 2.75) is 39.2 Å². The SMILES string of the molecule is Cc1c(-c2n[nH]c(=S)o2)sc2cc3c(cc12)CCC(C)(C)O3. The molecule has 0 amide bonds.